The number of halogens is 1. The fourth-order valence-electron chi connectivity index (χ4n) is 3.55. The molecule has 0 fully saturated rings. The lowest BCUT2D eigenvalue weighted by Gasteiger charge is -2.13. The molecule has 0 atom stereocenters. The maximum Gasteiger partial charge on any atom is 0.332 e. The molecule has 160 valence electrons. The van der Waals surface area contributed by atoms with Gasteiger partial charge in [-0.1, -0.05) is 6.07 Å². The zero-order valence-corrected chi connectivity index (χ0v) is 17.0. The zero-order valence-electron chi connectivity index (χ0n) is 17.0. The molecular formula is C21H20FN5O4. The monoisotopic (exact) mass is 425 g/mol. The molecule has 0 aliphatic heterocycles. The van der Waals surface area contributed by atoms with Gasteiger partial charge in [0.15, 0.2) is 5.52 Å². The topological polar surface area (TPSA) is 104 Å². The maximum atomic E-state index is 13.4. The van der Waals surface area contributed by atoms with Crippen molar-refractivity contribution in [2.45, 2.75) is 33.5 Å². The molecule has 1 N–H and O–H groups in total. The Morgan fingerprint density at radius 1 is 1.16 bits per heavy atom. The van der Waals surface area contributed by atoms with Crippen LogP contribution in [0.15, 0.2) is 56.7 Å². The van der Waals surface area contributed by atoms with Crippen LogP contribution in [-0.4, -0.2) is 24.8 Å². The number of hydrogen-bond donors (Lipinski definition) is 1. The largest absolute Gasteiger partial charge is 0.467 e. The van der Waals surface area contributed by atoms with Crippen molar-refractivity contribution in [1.29, 1.82) is 0 Å². The summed E-state index contributed by atoms with van der Waals surface area (Å²) in [6.45, 7) is 3.45. The van der Waals surface area contributed by atoms with Crippen molar-refractivity contribution >= 4 is 22.6 Å². The standard InChI is InChI=1S/C21H20FN5O4/c1-3-27-19-18(13(2)24-27)25(12-17(28)23-15-7-4-6-14(22)10-15)21(30)26(20(19)29)11-16-8-5-9-31-16/h4-10H,3,11-12H2,1-2H3,(H,23,28). The molecular weight excluding hydrogens is 405 g/mol. The van der Waals surface area contributed by atoms with E-state index < -0.39 is 23.0 Å². The summed E-state index contributed by atoms with van der Waals surface area (Å²) >= 11 is 0. The molecule has 0 aliphatic carbocycles. The molecule has 31 heavy (non-hydrogen) atoms. The summed E-state index contributed by atoms with van der Waals surface area (Å²) in [4.78, 5) is 39.0. The fourth-order valence-corrected chi connectivity index (χ4v) is 3.55. The first kappa shape index (κ1) is 20.3. The molecule has 3 heterocycles. The van der Waals surface area contributed by atoms with E-state index in [2.05, 4.69) is 10.4 Å². The summed E-state index contributed by atoms with van der Waals surface area (Å²) in [5.41, 5.74) is 0.0586. The lowest BCUT2D eigenvalue weighted by Crippen LogP contribution is -2.42. The SMILES string of the molecule is CCn1nc(C)c2c1c(=O)n(Cc1ccco1)c(=O)n2CC(=O)Nc1cccc(F)c1. The van der Waals surface area contributed by atoms with E-state index in [0.717, 1.165) is 4.57 Å². The van der Waals surface area contributed by atoms with Gasteiger partial charge in [-0.3, -0.25) is 23.4 Å². The number of rotatable bonds is 6. The molecule has 0 saturated carbocycles. The molecule has 4 aromatic rings. The van der Waals surface area contributed by atoms with Gasteiger partial charge in [-0.05, 0) is 44.2 Å². The highest BCUT2D eigenvalue weighted by molar-refractivity contribution is 5.91. The first-order valence-corrected chi connectivity index (χ1v) is 9.67. The molecule has 0 spiro atoms. The number of aromatic nitrogens is 4. The van der Waals surface area contributed by atoms with E-state index in [9.17, 15) is 18.8 Å². The average molecular weight is 425 g/mol. The van der Waals surface area contributed by atoms with Gasteiger partial charge in [0, 0.05) is 12.2 Å². The normalized spacial score (nSPS) is 11.2. The fraction of sp³-hybridized carbons (Fsp3) is 0.238. The van der Waals surface area contributed by atoms with E-state index in [1.807, 2.05) is 6.92 Å². The second-order valence-electron chi connectivity index (χ2n) is 7.00. The Morgan fingerprint density at radius 3 is 2.65 bits per heavy atom. The zero-order chi connectivity index (χ0) is 22.1. The van der Waals surface area contributed by atoms with Crippen molar-refractivity contribution in [2.24, 2.45) is 0 Å². The summed E-state index contributed by atoms with van der Waals surface area (Å²) in [6, 6.07) is 8.75. The third-order valence-electron chi connectivity index (χ3n) is 4.88. The maximum absolute atomic E-state index is 13.4. The Morgan fingerprint density at radius 2 is 1.97 bits per heavy atom. The van der Waals surface area contributed by atoms with Crippen LogP contribution in [0.25, 0.3) is 11.0 Å². The number of hydrogen-bond acceptors (Lipinski definition) is 5. The van der Waals surface area contributed by atoms with E-state index >= 15 is 0 Å². The Bertz CT molecular complexity index is 1380. The molecule has 1 amide bonds. The highest BCUT2D eigenvalue weighted by Crippen LogP contribution is 2.15. The Balaban J connectivity index is 1.83. The van der Waals surface area contributed by atoms with Crippen LogP contribution in [0, 0.1) is 12.7 Å². The van der Waals surface area contributed by atoms with Crippen molar-refractivity contribution in [3.8, 4) is 0 Å². The predicted molar refractivity (Wildman–Crippen MR) is 112 cm³/mol. The van der Waals surface area contributed by atoms with E-state index in [4.69, 9.17) is 4.42 Å². The Kier molecular flexibility index (Phi) is 5.28. The number of amides is 1. The number of nitrogens with one attached hydrogen (secondary N) is 1. The van der Waals surface area contributed by atoms with Crippen molar-refractivity contribution in [1.82, 2.24) is 18.9 Å². The summed E-state index contributed by atoms with van der Waals surface area (Å²) in [5, 5.41) is 6.92. The van der Waals surface area contributed by atoms with Crippen LogP contribution >= 0.6 is 0 Å². The number of carbonyl (C=O) groups excluding carboxylic acids is 1. The minimum atomic E-state index is -0.665. The quantitative estimate of drug-likeness (QED) is 0.510. The number of carbonyl (C=O) groups is 1. The Hall–Kier alpha value is -3.95. The molecule has 0 bridgehead atoms. The second-order valence-corrected chi connectivity index (χ2v) is 7.00. The van der Waals surface area contributed by atoms with Crippen LogP contribution in [0.2, 0.25) is 0 Å². The molecule has 0 unspecified atom stereocenters. The van der Waals surface area contributed by atoms with Gasteiger partial charge in [-0.2, -0.15) is 5.10 Å². The lowest BCUT2D eigenvalue weighted by atomic mass is 10.3. The molecule has 0 saturated heterocycles. The summed E-state index contributed by atoms with van der Waals surface area (Å²) in [5.74, 6) is -0.612. The number of benzene rings is 1. The van der Waals surface area contributed by atoms with E-state index in [0.29, 0.717) is 23.5 Å². The number of fused-ring (bicyclic) bond motifs is 1. The van der Waals surface area contributed by atoms with Crippen molar-refractivity contribution in [3.05, 3.63) is 80.8 Å². The number of furan rings is 1. The lowest BCUT2D eigenvalue weighted by molar-refractivity contribution is -0.116. The van der Waals surface area contributed by atoms with Crippen LogP contribution in [0.4, 0.5) is 10.1 Å². The summed E-state index contributed by atoms with van der Waals surface area (Å²) in [6.07, 6.45) is 1.45. The molecule has 0 radical (unpaired) electrons. The van der Waals surface area contributed by atoms with Gasteiger partial charge >= 0.3 is 5.69 Å². The third kappa shape index (κ3) is 3.79. The van der Waals surface area contributed by atoms with Crippen LogP contribution in [-0.2, 0) is 24.4 Å². The van der Waals surface area contributed by atoms with Gasteiger partial charge in [-0.25, -0.2) is 9.18 Å². The smallest absolute Gasteiger partial charge is 0.332 e. The van der Waals surface area contributed by atoms with Crippen LogP contribution in [0.5, 0.6) is 0 Å². The highest BCUT2D eigenvalue weighted by Gasteiger charge is 2.22. The van der Waals surface area contributed by atoms with Gasteiger partial charge in [0.05, 0.1) is 18.5 Å². The molecule has 10 heteroatoms. The Labute approximate surface area is 175 Å². The molecule has 0 aliphatic rings. The van der Waals surface area contributed by atoms with Gasteiger partial charge in [0.2, 0.25) is 5.91 Å². The second kappa shape index (κ2) is 8.05. The van der Waals surface area contributed by atoms with Crippen LogP contribution < -0.4 is 16.6 Å². The van der Waals surface area contributed by atoms with Crippen molar-refractivity contribution in [3.63, 3.8) is 0 Å². The van der Waals surface area contributed by atoms with E-state index in [1.165, 1.54) is 39.8 Å². The van der Waals surface area contributed by atoms with E-state index in [1.54, 1.807) is 19.1 Å². The van der Waals surface area contributed by atoms with Crippen molar-refractivity contribution < 1.29 is 13.6 Å². The number of anilines is 1. The van der Waals surface area contributed by atoms with Gasteiger partial charge < -0.3 is 9.73 Å². The van der Waals surface area contributed by atoms with Crippen molar-refractivity contribution in [2.75, 3.05) is 5.32 Å². The van der Waals surface area contributed by atoms with Crippen LogP contribution in [0.1, 0.15) is 18.4 Å². The first-order valence-electron chi connectivity index (χ1n) is 9.67. The molecule has 4 rings (SSSR count). The number of nitrogens with zero attached hydrogens (tertiary/aromatic N) is 4. The number of aryl methyl sites for hydroxylation is 2. The molecule has 1 aromatic carbocycles. The van der Waals surface area contributed by atoms with Gasteiger partial charge in [0.25, 0.3) is 5.56 Å². The first-order chi connectivity index (χ1) is 14.9. The predicted octanol–water partition coefficient (Wildman–Crippen LogP) is 2.11. The minimum Gasteiger partial charge on any atom is -0.467 e. The van der Waals surface area contributed by atoms with Gasteiger partial charge in [-0.15, -0.1) is 0 Å². The van der Waals surface area contributed by atoms with Gasteiger partial charge in [0.1, 0.15) is 23.6 Å². The van der Waals surface area contributed by atoms with Crippen LogP contribution in [0.3, 0.4) is 0 Å². The minimum absolute atomic E-state index is 0.0833. The molecule has 9 nitrogen and oxygen atoms in total. The highest BCUT2D eigenvalue weighted by atomic mass is 19.1. The van der Waals surface area contributed by atoms with E-state index in [-0.39, 0.29) is 24.3 Å². The third-order valence-corrected chi connectivity index (χ3v) is 4.88. The summed E-state index contributed by atoms with van der Waals surface area (Å²) < 4.78 is 22.4. The summed E-state index contributed by atoms with van der Waals surface area (Å²) in [7, 11) is 0. The average Bonchev–Trinajstić information content (AvgIpc) is 3.36. The molecule has 3 aromatic heterocycles.